The van der Waals surface area contributed by atoms with Crippen LogP contribution in [0.1, 0.15) is 0 Å². The Morgan fingerprint density at radius 1 is 0.295 bits per heavy atom. The Morgan fingerprint density at radius 3 is 1.51 bits per heavy atom. The van der Waals surface area contributed by atoms with Crippen molar-refractivity contribution in [2.75, 3.05) is 4.90 Å². The third kappa shape index (κ3) is 5.98. The van der Waals surface area contributed by atoms with Gasteiger partial charge in [-0.05, 0) is 116 Å². The third-order valence-corrected chi connectivity index (χ3v) is 12.1. The van der Waals surface area contributed by atoms with E-state index in [1.807, 2.05) is 6.07 Å². The maximum atomic E-state index is 7.03. The topological polar surface area (TPSA) is 29.5 Å². The van der Waals surface area contributed by atoms with Gasteiger partial charge in [0, 0.05) is 22.0 Å². The molecule has 61 heavy (non-hydrogen) atoms. The van der Waals surface area contributed by atoms with Crippen molar-refractivity contribution in [2.45, 2.75) is 0 Å². The molecule has 0 bridgehead atoms. The predicted molar refractivity (Wildman–Crippen MR) is 255 cm³/mol. The molecule has 0 unspecified atom stereocenters. The molecule has 3 heteroatoms. The largest absolute Gasteiger partial charge is 0.456 e. The van der Waals surface area contributed by atoms with E-state index in [9.17, 15) is 0 Å². The van der Waals surface area contributed by atoms with Gasteiger partial charge in [-0.15, -0.1) is 0 Å². The van der Waals surface area contributed by atoms with Crippen molar-refractivity contribution in [3.63, 3.8) is 0 Å². The number of hydrogen-bond acceptors (Lipinski definition) is 3. The van der Waals surface area contributed by atoms with Crippen LogP contribution in [0.15, 0.2) is 233 Å². The summed E-state index contributed by atoms with van der Waals surface area (Å²) in [4.78, 5) is 2.39. The Morgan fingerprint density at radius 2 is 0.820 bits per heavy atom. The van der Waals surface area contributed by atoms with E-state index in [2.05, 4.69) is 223 Å². The van der Waals surface area contributed by atoms with Crippen LogP contribution in [-0.2, 0) is 0 Å². The molecule has 3 nitrogen and oxygen atoms in total. The van der Waals surface area contributed by atoms with Crippen LogP contribution in [0, 0.1) is 0 Å². The van der Waals surface area contributed by atoms with Crippen LogP contribution < -0.4 is 4.90 Å². The molecule has 0 saturated carbocycles. The van der Waals surface area contributed by atoms with Crippen LogP contribution in [-0.4, -0.2) is 0 Å². The molecule has 10 aromatic carbocycles. The first kappa shape index (κ1) is 34.9. The van der Waals surface area contributed by atoms with Gasteiger partial charge in [0.25, 0.3) is 0 Å². The summed E-state index contributed by atoms with van der Waals surface area (Å²) in [7, 11) is 0. The van der Waals surface area contributed by atoms with E-state index in [0.717, 1.165) is 99.9 Å². The normalized spacial score (nSPS) is 11.6. The average Bonchev–Trinajstić information content (AvgIpc) is 3.91. The van der Waals surface area contributed by atoms with E-state index in [1.54, 1.807) is 0 Å². The molecule has 0 aliphatic carbocycles. The Kier molecular flexibility index (Phi) is 8.17. The van der Waals surface area contributed by atoms with Gasteiger partial charge in [0.05, 0.1) is 22.1 Å². The Bertz CT molecular complexity index is 3570. The summed E-state index contributed by atoms with van der Waals surface area (Å²) in [5, 5.41) is 6.67. The van der Waals surface area contributed by atoms with Crippen molar-refractivity contribution in [1.29, 1.82) is 0 Å². The van der Waals surface area contributed by atoms with E-state index < -0.39 is 0 Å². The minimum Gasteiger partial charge on any atom is -0.456 e. The summed E-state index contributed by atoms with van der Waals surface area (Å²) >= 11 is 0. The molecular formula is C58H37NO2. The van der Waals surface area contributed by atoms with Crippen molar-refractivity contribution >= 4 is 71.7 Å². The fourth-order valence-corrected chi connectivity index (χ4v) is 9.09. The number of rotatable bonds is 7. The number of furan rings is 2. The molecular weight excluding hydrogens is 743 g/mol. The molecule has 0 aliphatic heterocycles. The Labute approximate surface area is 353 Å². The predicted octanol–water partition coefficient (Wildman–Crippen LogP) is 16.8. The van der Waals surface area contributed by atoms with Crippen LogP contribution in [0.4, 0.5) is 17.1 Å². The van der Waals surface area contributed by atoms with Crippen LogP contribution in [0.3, 0.4) is 0 Å². The van der Waals surface area contributed by atoms with Crippen LogP contribution in [0.25, 0.3) is 99.2 Å². The molecule has 2 heterocycles. The minimum absolute atomic E-state index is 0.831. The molecule has 0 atom stereocenters. The van der Waals surface area contributed by atoms with Crippen LogP contribution >= 0.6 is 0 Å². The first-order chi connectivity index (χ1) is 30.2. The monoisotopic (exact) mass is 779 g/mol. The molecule has 12 rings (SSSR count). The lowest BCUT2D eigenvalue weighted by Crippen LogP contribution is -2.11. The van der Waals surface area contributed by atoms with E-state index in [1.165, 1.54) is 16.3 Å². The zero-order valence-corrected chi connectivity index (χ0v) is 33.1. The van der Waals surface area contributed by atoms with E-state index in [-0.39, 0.29) is 0 Å². The highest BCUT2D eigenvalue weighted by Gasteiger charge is 2.25. The highest BCUT2D eigenvalue weighted by molar-refractivity contribution is 6.20. The zero-order chi connectivity index (χ0) is 40.3. The molecule has 0 spiro atoms. The Hall–Kier alpha value is -8.14. The number of benzene rings is 10. The summed E-state index contributed by atoms with van der Waals surface area (Å²) in [6.45, 7) is 0. The van der Waals surface area contributed by atoms with Crippen molar-refractivity contribution in [1.82, 2.24) is 0 Å². The fourth-order valence-electron chi connectivity index (χ4n) is 9.09. The van der Waals surface area contributed by atoms with Gasteiger partial charge in [-0.1, -0.05) is 158 Å². The molecule has 286 valence electrons. The molecule has 0 fully saturated rings. The number of hydrogen-bond donors (Lipinski definition) is 0. The van der Waals surface area contributed by atoms with Gasteiger partial charge in [-0.2, -0.15) is 0 Å². The van der Waals surface area contributed by atoms with Crippen LogP contribution in [0.2, 0.25) is 0 Å². The molecule has 0 amide bonds. The Balaban J connectivity index is 1.11. The van der Waals surface area contributed by atoms with Crippen molar-refractivity contribution in [2.24, 2.45) is 0 Å². The molecule has 0 saturated heterocycles. The van der Waals surface area contributed by atoms with Gasteiger partial charge in [0.1, 0.15) is 22.3 Å². The second-order valence-electron chi connectivity index (χ2n) is 15.7. The highest BCUT2D eigenvalue weighted by Crippen LogP contribution is 2.49. The molecule has 12 aromatic rings. The van der Waals surface area contributed by atoms with Gasteiger partial charge >= 0.3 is 0 Å². The standard InChI is InChI=1S/C58H37NO2/c1-4-13-38(14-5-1)45-27-31-49-54(36-45)60-53-22-12-21-51(56(49)53)59(47-29-25-41(26-30-47)44-24-23-40-17-10-11-20-43(40)35-44)52-34-33-48(42-18-8-3-9-19-42)58-57(52)50-32-28-46(37-55(50)61-58)39-15-6-2-7-16-39/h1-37H. The summed E-state index contributed by atoms with van der Waals surface area (Å²) < 4.78 is 13.7. The van der Waals surface area contributed by atoms with Crippen molar-refractivity contribution < 1.29 is 8.83 Å². The van der Waals surface area contributed by atoms with Gasteiger partial charge in [0.15, 0.2) is 0 Å². The lowest BCUT2D eigenvalue weighted by atomic mass is 9.97. The first-order valence-corrected chi connectivity index (χ1v) is 20.7. The summed E-state index contributed by atoms with van der Waals surface area (Å²) in [6, 6.07) is 79.8. The van der Waals surface area contributed by atoms with E-state index in [0.29, 0.717) is 0 Å². The molecule has 0 N–H and O–H groups in total. The number of nitrogens with zero attached hydrogens (tertiary/aromatic N) is 1. The molecule has 2 aromatic heterocycles. The summed E-state index contributed by atoms with van der Waals surface area (Å²) in [5.74, 6) is 0. The van der Waals surface area contributed by atoms with Gasteiger partial charge < -0.3 is 13.7 Å². The maximum Gasteiger partial charge on any atom is 0.145 e. The zero-order valence-electron chi connectivity index (χ0n) is 33.1. The minimum atomic E-state index is 0.831. The van der Waals surface area contributed by atoms with Gasteiger partial charge in [0.2, 0.25) is 0 Å². The second-order valence-corrected chi connectivity index (χ2v) is 15.7. The van der Waals surface area contributed by atoms with Crippen LogP contribution in [0.5, 0.6) is 0 Å². The highest BCUT2D eigenvalue weighted by atomic mass is 16.3. The molecule has 0 radical (unpaired) electrons. The SMILES string of the molecule is c1ccc(-c2ccc3c(c2)oc2cccc(N(c4ccc(-c5ccc6ccccc6c5)cc4)c4ccc(-c5ccccc5)c5oc6cc(-c7ccccc7)ccc6c45)c23)cc1. The van der Waals surface area contributed by atoms with Crippen molar-refractivity contribution in [3.8, 4) is 44.5 Å². The molecule has 0 aliphatic rings. The van der Waals surface area contributed by atoms with Gasteiger partial charge in [-0.25, -0.2) is 0 Å². The third-order valence-electron chi connectivity index (χ3n) is 12.1. The lowest BCUT2D eigenvalue weighted by Gasteiger charge is -2.27. The fraction of sp³-hybridized carbons (Fsp3) is 0. The van der Waals surface area contributed by atoms with E-state index >= 15 is 0 Å². The summed E-state index contributed by atoms with van der Waals surface area (Å²) in [5.41, 5.74) is 15.4. The lowest BCUT2D eigenvalue weighted by molar-refractivity contribution is 0.669. The number of anilines is 3. The van der Waals surface area contributed by atoms with Gasteiger partial charge in [-0.3, -0.25) is 0 Å². The smallest absolute Gasteiger partial charge is 0.145 e. The second kappa shape index (κ2) is 14.3. The average molecular weight is 780 g/mol. The first-order valence-electron chi connectivity index (χ1n) is 20.7. The maximum absolute atomic E-state index is 7.03. The summed E-state index contributed by atoms with van der Waals surface area (Å²) in [6.07, 6.45) is 0. The number of fused-ring (bicyclic) bond motifs is 7. The van der Waals surface area contributed by atoms with E-state index in [4.69, 9.17) is 8.83 Å². The van der Waals surface area contributed by atoms with Crippen molar-refractivity contribution in [3.05, 3.63) is 224 Å². The quantitative estimate of drug-likeness (QED) is 0.161.